The molecule has 22 heavy (non-hydrogen) atoms. The Morgan fingerprint density at radius 3 is 2.73 bits per heavy atom. The largest absolute Gasteiger partial charge is 0.344 e. The predicted octanol–water partition coefficient (Wildman–Crippen LogP) is 1.72. The molecule has 0 spiro atoms. The topological polar surface area (TPSA) is 52.7 Å². The van der Waals surface area contributed by atoms with E-state index in [1.165, 1.54) is 11.1 Å². The molecule has 0 aliphatic carbocycles. The molecule has 3 amide bonds. The molecule has 1 unspecified atom stereocenters. The van der Waals surface area contributed by atoms with Gasteiger partial charge < -0.3 is 15.1 Å². The number of fused-ring (bicyclic) bond motifs is 1. The normalized spacial score (nSPS) is 23.4. The maximum Gasteiger partial charge on any atom is 0.318 e. The molecule has 1 fully saturated rings. The summed E-state index contributed by atoms with van der Waals surface area (Å²) in [6, 6.07) is 7.74. The third-order valence-electron chi connectivity index (χ3n) is 4.71. The smallest absolute Gasteiger partial charge is 0.318 e. The molecule has 1 saturated heterocycles. The second kappa shape index (κ2) is 5.30. The monoisotopic (exact) mass is 301 g/mol. The van der Waals surface area contributed by atoms with Gasteiger partial charge in [-0.1, -0.05) is 38.1 Å². The molecule has 2 heterocycles. The van der Waals surface area contributed by atoms with Gasteiger partial charge in [-0.3, -0.25) is 4.79 Å². The summed E-state index contributed by atoms with van der Waals surface area (Å²) < 4.78 is 0. The summed E-state index contributed by atoms with van der Waals surface area (Å²) in [7, 11) is 1.77. The van der Waals surface area contributed by atoms with E-state index in [9.17, 15) is 9.59 Å². The van der Waals surface area contributed by atoms with Gasteiger partial charge in [0.2, 0.25) is 5.91 Å². The number of amides is 3. The number of hydrogen-bond donors (Lipinski definition) is 1. The summed E-state index contributed by atoms with van der Waals surface area (Å²) in [6.45, 7) is 6.27. The average Bonchev–Trinajstić information content (AvgIpc) is 2.78. The maximum atomic E-state index is 12.5. The standard InChI is InChI=1S/C17H23N3O2/c1-17(2)11-20(10-12-6-4-5-7-13(12)17)16(22)18-14-8-9-19(3)15(14)21/h4-7,14H,8-11H2,1-3H3,(H,18,22). The van der Waals surface area contributed by atoms with E-state index in [2.05, 4.69) is 31.3 Å². The van der Waals surface area contributed by atoms with Crippen LogP contribution in [0.1, 0.15) is 31.4 Å². The molecular formula is C17H23N3O2. The summed E-state index contributed by atoms with van der Waals surface area (Å²) >= 11 is 0. The van der Waals surface area contributed by atoms with Crippen LogP contribution in [0.2, 0.25) is 0 Å². The van der Waals surface area contributed by atoms with Crippen LogP contribution >= 0.6 is 0 Å². The lowest BCUT2D eigenvalue weighted by Crippen LogP contribution is -2.52. The van der Waals surface area contributed by atoms with E-state index in [4.69, 9.17) is 0 Å². The molecule has 1 N–H and O–H groups in total. The van der Waals surface area contributed by atoms with Crippen LogP contribution in [0.15, 0.2) is 24.3 Å². The van der Waals surface area contributed by atoms with Gasteiger partial charge in [0.05, 0.1) is 0 Å². The van der Waals surface area contributed by atoms with Crippen LogP contribution in [0, 0.1) is 0 Å². The second-order valence-electron chi connectivity index (χ2n) is 6.95. The molecule has 2 aliphatic rings. The lowest BCUT2D eigenvalue weighted by molar-refractivity contribution is -0.128. The molecule has 118 valence electrons. The zero-order chi connectivity index (χ0) is 15.9. The fourth-order valence-corrected chi connectivity index (χ4v) is 3.48. The van der Waals surface area contributed by atoms with Gasteiger partial charge in [0, 0.05) is 32.1 Å². The molecule has 1 atom stereocenters. The zero-order valence-electron chi connectivity index (χ0n) is 13.4. The highest BCUT2D eigenvalue weighted by molar-refractivity contribution is 5.88. The number of urea groups is 1. The van der Waals surface area contributed by atoms with Crippen molar-refractivity contribution in [3.05, 3.63) is 35.4 Å². The van der Waals surface area contributed by atoms with Crippen LogP contribution in [0.3, 0.4) is 0 Å². The van der Waals surface area contributed by atoms with E-state index in [0.717, 1.165) is 0 Å². The second-order valence-corrected chi connectivity index (χ2v) is 6.95. The Kier molecular flexibility index (Phi) is 3.59. The number of nitrogens with one attached hydrogen (secondary N) is 1. The number of hydrogen-bond acceptors (Lipinski definition) is 2. The predicted molar refractivity (Wildman–Crippen MR) is 84.5 cm³/mol. The third kappa shape index (κ3) is 2.56. The van der Waals surface area contributed by atoms with Gasteiger partial charge in [-0.2, -0.15) is 0 Å². The van der Waals surface area contributed by atoms with Gasteiger partial charge in [0.1, 0.15) is 6.04 Å². The fourth-order valence-electron chi connectivity index (χ4n) is 3.48. The van der Waals surface area contributed by atoms with Crippen LogP contribution in [0.25, 0.3) is 0 Å². The molecule has 0 radical (unpaired) electrons. The quantitative estimate of drug-likeness (QED) is 0.858. The Morgan fingerprint density at radius 2 is 2.05 bits per heavy atom. The van der Waals surface area contributed by atoms with E-state index in [1.54, 1.807) is 11.9 Å². The van der Waals surface area contributed by atoms with E-state index < -0.39 is 0 Å². The Labute approximate surface area is 131 Å². The van der Waals surface area contributed by atoms with Crippen molar-refractivity contribution < 1.29 is 9.59 Å². The summed E-state index contributed by atoms with van der Waals surface area (Å²) in [6.07, 6.45) is 0.689. The highest BCUT2D eigenvalue weighted by Gasteiger charge is 2.36. The first-order valence-electron chi connectivity index (χ1n) is 7.77. The molecule has 3 rings (SSSR count). The zero-order valence-corrected chi connectivity index (χ0v) is 13.4. The van der Waals surface area contributed by atoms with Gasteiger partial charge >= 0.3 is 6.03 Å². The first-order chi connectivity index (χ1) is 10.4. The van der Waals surface area contributed by atoms with Crippen molar-refractivity contribution in [3.8, 4) is 0 Å². The number of likely N-dealkylation sites (tertiary alicyclic amines) is 1. The van der Waals surface area contributed by atoms with Gasteiger partial charge in [0.15, 0.2) is 0 Å². The van der Waals surface area contributed by atoms with Gasteiger partial charge in [-0.05, 0) is 17.5 Å². The van der Waals surface area contributed by atoms with Crippen molar-refractivity contribution in [1.82, 2.24) is 15.1 Å². The van der Waals surface area contributed by atoms with Crippen molar-refractivity contribution in [1.29, 1.82) is 0 Å². The Bertz CT molecular complexity index is 612. The van der Waals surface area contributed by atoms with Crippen molar-refractivity contribution in [2.45, 2.75) is 38.3 Å². The lowest BCUT2D eigenvalue weighted by atomic mass is 9.78. The number of likely N-dealkylation sites (N-methyl/N-ethyl adjacent to an activating group) is 1. The van der Waals surface area contributed by atoms with Crippen molar-refractivity contribution in [2.24, 2.45) is 0 Å². The first-order valence-corrected chi connectivity index (χ1v) is 7.77. The van der Waals surface area contributed by atoms with Crippen molar-refractivity contribution in [3.63, 3.8) is 0 Å². The Morgan fingerprint density at radius 1 is 1.32 bits per heavy atom. The summed E-state index contributed by atoms with van der Waals surface area (Å²) in [5, 5.41) is 2.89. The number of carbonyl (C=O) groups excluding carboxylic acids is 2. The molecule has 0 aromatic heterocycles. The Hall–Kier alpha value is -2.04. The van der Waals surface area contributed by atoms with E-state index in [1.807, 2.05) is 17.0 Å². The van der Waals surface area contributed by atoms with Crippen LogP contribution in [-0.2, 0) is 16.8 Å². The van der Waals surface area contributed by atoms with E-state index in [0.29, 0.717) is 26.1 Å². The van der Waals surface area contributed by atoms with Crippen molar-refractivity contribution in [2.75, 3.05) is 20.1 Å². The average molecular weight is 301 g/mol. The van der Waals surface area contributed by atoms with Gasteiger partial charge in [-0.15, -0.1) is 0 Å². The van der Waals surface area contributed by atoms with Gasteiger partial charge in [0.25, 0.3) is 0 Å². The number of benzene rings is 1. The van der Waals surface area contributed by atoms with Crippen LogP contribution in [0.5, 0.6) is 0 Å². The van der Waals surface area contributed by atoms with Crippen molar-refractivity contribution >= 4 is 11.9 Å². The number of nitrogens with zero attached hydrogens (tertiary/aromatic N) is 2. The third-order valence-corrected chi connectivity index (χ3v) is 4.71. The summed E-state index contributed by atoms with van der Waals surface area (Å²) in [5.74, 6) is 0.00465. The molecule has 5 heteroatoms. The minimum atomic E-state index is -0.377. The van der Waals surface area contributed by atoms with Gasteiger partial charge in [-0.25, -0.2) is 4.79 Å². The Balaban J connectivity index is 1.74. The highest BCUT2D eigenvalue weighted by Crippen LogP contribution is 2.33. The fraction of sp³-hybridized carbons (Fsp3) is 0.529. The molecule has 0 bridgehead atoms. The molecule has 1 aromatic carbocycles. The maximum absolute atomic E-state index is 12.5. The minimum absolute atomic E-state index is 0.00465. The first kappa shape index (κ1) is 14.9. The number of carbonyl (C=O) groups is 2. The molecular weight excluding hydrogens is 278 g/mol. The summed E-state index contributed by atoms with van der Waals surface area (Å²) in [4.78, 5) is 28.0. The van der Waals surface area contributed by atoms with Crippen LogP contribution < -0.4 is 5.32 Å². The highest BCUT2D eigenvalue weighted by atomic mass is 16.2. The van der Waals surface area contributed by atoms with E-state index >= 15 is 0 Å². The SMILES string of the molecule is CN1CCC(NC(=O)N2Cc3ccccc3C(C)(C)C2)C1=O. The van der Waals surface area contributed by atoms with Crippen LogP contribution in [0.4, 0.5) is 4.79 Å². The lowest BCUT2D eigenvalue weighted by Gasteiger charge is -2.40. The molecule has 2 aliphatic heterocycles. The number of rotatable bonds is 1. The van der Waals surface area contributed by atoms with E-state index in [-0.39, 0.29) is 23.4 Å². The molecule has 0 saturated carbocycles. The minimum Gasteiger partial charge on any atom is -0.344 e. The van der Waals surface area contributed by atoms with Crippen LogP contribution in [-0.4, -0.2) is 47.9 Å². The molecule has 1 aromatic rings. The molecule has 5 nitrogen and oxygen atoms in total. The summed E-state index contributed by atoms with van der Waals surface area (Å²) in [5.41, 5.74) is 2.40.